The molecule has 1 atom stereocenters. The number of hydrogen-bond acceptors (Lipinski definition) is 3. The zero-order valence-corrected chi connectivity index (χ0v) is 13.7. The topological polar surface area (TPSA) is 35.5 Å². The smallest absolute Gasteiger partial charge is 0.0611 e. The van der Waals surface area contributed by atoms with E-state index in [1.54, 1.807) is 0 Å². The molecule has 1 aromatic carbocycles. The summed E-state index contributed by atoms with van der Waals surface area (Å²) >= 11 is 0. The summed E-state index contributed by atoms with van der Waals surface area (Å²) in [4.78, 5) is 2.27. The SMILES string of the molecule is CCCNC(C)(CO)CCN(C)c1cc(C)cc(C)c1. The standard InChI is InChI=1S/C17H30N2O/c1-6-8-18-17(4,13-20)7-9-19(5)16-11-14(2)10-15(3)12-16/h10-12,18,20H,6-9,13H2,1-5H3. The van der Waals surface area contributed by atoms with Crippen molar-refractivity contribution in [2.75, 3.05) is 31.6 Å². The van der Waals surface area contributed by atoms with E-state index in [1.165, 1.54) is 16.8 Å². The molecule has 0 aliphatic heterocycles. The maximum Gasteiger partial charge on any atom is 0.0611 e. The predicted octanol–water partition coefficient (Wildman–Crippen LogP) is 2.88. The number of rotatable bonds is 8. The number of hydrogen-bond donors (Lipinski definition) is 2. The van der Waals surface area contributed by atoms with E-state index in [9.17, 15) is 5.11 Å². The Bertz CT molecular complexity index is 399. The van der Waals surface area contributed by atoms with Gasteiger partial charge in [0.1, 0.15) is 0 Å². The van der Waals surface area contributed by atoms with Crippen LogP contribution in [0.25, 0.3) is 0 Å². The third kappa shape index (κ3) is 5.14. The van der Waals surface area contributed by atoms with Gasteiger partial charge in [-0.1, -0.05) is 13.0 Å². The van der Waals surface area contributed by atoms with Gasteiger partial charge in [-0.3, -0.25) is 0 Å². The summed E-state index contributed by atoms with van der Waals surface area (Å²) in [6, 6.07) is 6.61. The fourth-order valence-electron chi connectivity index (χ4n) is 2.36. The maximum absolute atomic E-state index is 9.60. The van der Waals surface area contributed by atoms with Gasteiger partial charge < -0.3 is 15.3 Å². The van der Waals surface area contributed by atoms with Gasteiger partial charge in [-0.25, -0.2) is 0 Å². The van der Waals surface area contributed by atoms with Crippen LogP contribution in [-0.4, -0.2) is 37.4 Å². The molecule has 3 heteroatoms. The molecule has 1 unspecified atom stereocenters. The van der Waals surface area contributed by atoms with E-state index >= 15 is 0 Å². The molecule has 0 aliphatic carbocycles. The normalized spacial score (nSPS) is 14.1. The second-order valence-electron chi connectivity index (χ2n) is 6.16. The number of aryl methyl sites for hydroxylation is 2. The van der Waals surface area contributed by atoms with Crippen molar-refractivity contribution >= 4 is 5.69 Å². The number of anilines is 1. The van der Waals surface area contributed by atoms with E-state index in [0.717, 1.165) is 25.9 Å². The Labute approximate surface area is 124 Å². The Hall–Kier alpha value is -1.06. The summed E-state index contributed by atoms with van der Waals surface area (Å²) in [5, 5.41) is 13.1. The lowest BCUT2D eigenvalue weighted by Gasteiger charge is -2.31. The van der Waals surface area contributed by atoms with Crippen LogP contribution in [0.15, 0.2) is 18.2 Å². The van der Waals surface area contributed by atoms with E-state index in [4.69, 9.17) is 0 Å². The highest BCUT2D eigenvalue weighted by Gasteiger charge is 2.22. The third-order valence-electron chi connectivity index (χ3n) is 3.80. The molecule has 0 fully saturated rings. The monoisotopic (exact) mass is 278 g/mol. The summed E-state index contributed by atoms with van der Waals surface area (Å²) in [7, 11) is 2.12. The summed E-state index contributed by atoms with van der Waals surface area (Å²) in [6.45, 7) is 10.6. The van der Waals surface area contributed by atoms with Crippen molar-refractivity contribution in [3.8, 4) is 0 Å². The Balaban J connectivity index is 2.63. The first-order valence-corrected chi connectivity index (χ1v) is 7.55. The van der Waals surface area contributed by atoms with Crippen LogP contribution in [0.2, 0.25) is 0 Å². The molecule has 20 heavy (non-hydrogen) atoms. The first-order chi connectivity index (χ1) is 9.40. The van der Waals surface area contributed by atoms with Crippen molar-refractivity contribution in [1.29, 1.82) is 0 Å². The molecular weight excluding hydrogens is 248 g/mol. The van der Waals surface area contributed by atoms with Gasteiger partial charge in [0.05, 0.1) is 6.61 Å². The zero-order valence-electron chi connectivity index (χ0n) is 13.7. The highest BCUT2D eigenvalue weighted by Crippen LogP contribution is 2.19. The minimum Gasteiger partial charge on any atom is -0.394 e. The van der Waals surface area contributed by atoms with E-state index < -0.39 is 0 Å². The van der Waals surface area contributed by atoms with Crippen molar-refractivity contribution in [1.82, 2.24) is 5.32 Å². The second kappa shape index (κ2) is 7.65. The highest BCUT2D eigenvalue weighted by atomic mass is 16.3. The minimum absolute atomic E-state index is 0.174. The van der Waals surface area contributed by atoms with Gasteiger partial charge in [-0.15, -0.1) is 0 Å². The highest BCUT2D eigenvalue weighted by molar-refractivity contribution is 5.50. The van der Waals surface area contributed by atoms with Crippen molar-refractivity contribution < 1.29 is 5.11 Å². The number of benzene rings is 1. The first kappa shape index (κ1) is 17.0. The Morgan fingerprint density at radius 3 is 2.30 bits per heavy atom. The summed E-state index contributed by atoms with van der Waals surface area (Å²) in [5.41, 5.74) is 3.64. The van der Waals surface area contributed by atoms with Gasteiger partial charge >= 0.3 is 0 Å². The molecule has 0 amide bonds. The lowest BCUT2D eigenvalue weighted by molar-refractivity contribution is 0.168. The van der Waals surface area contributed by atoms with Gasteiger partial charge in [0.25, 0.3) is 0 Å². The van der Waals surface area contributed by atoms with Gasteiger partial charge in [-0.05, 0) is 63.4 Å². The van der Waals surface area contributed by atoms with Crippen molar-refractivity contribution in [3.05, 3.63) is 29.3 Å². The van der Waals surface area contributed by atoms with Crippen molar-refractivity contribution in [2.45, 2.75) is 46.1 Å². The predicted molar refractivity (Wildman–Crippen MR) is 87.6 cm³/mol. The summed E-state index contributed by atoms with van der Waals surface area (Å²) in [6.07, 6.45) is 2.01. The molecule has 0 bridgehead atoms. The fraction of sp³-hybridized carbons (Fsp3) is 0.647. The van der Waals surface area contributed by atoms with Crippen LogP contribution < -0.4 is 10.2 Å². The molecule has 0 saturated heterocycles. The fourth-order valence-corrected chi connectivity index (χ4v) is 2.36. The minimum atomic E-state index is -0.191. The molecule has 1 aromatic rings. The van der Waals surface area contributed by atoms with E-state index in [-0.39, 0.29) is 12.1 Å². The molecule has 0 saturated carbocycles. The van der Waals surface area contributed by atoms with Gasteiger partial charge in [0, 0.05) is 24.8 Å². The Kier molecular flexibility index (Phi) is 6.50. The number of aliphatic hydroxyl groups is 1. The number of nitrogens with one attached hydrogen (secondary N) is 1. The van der Waals surface area contributed by atoms with Crippen LogP contribution in [0.5, 0.6) is 0 Å². The molecule has 0 radical (unpaired) electrons. The van der Waals surface area contributed by atoms with E-state index in [2.05, 4.69) is 63.2 Å². The second-order valence-corrected chi connectivity index (χ2v) is 6.16. The number of nitrogens with zero attached hydrogens (tertiary/aromatic N) is 1. The average Bonchev–Trinajstić information content (AvgIpc) is 2.41. The quantitative estimate of drug-likeness (QED) is 0.767. The van der Waals surface area contributed by atoms with Crippen molar-refractivity contribution in [3.63, 3.8) is 0 Å². The Morgan fingerprint density at radius 1 is 1.20 bits per heavy atom. The van der Waals surface area contributed by atoms with Crippen LogP contribution >= 0.6 is 0 Å². The molecular formula is C17H30N2O. The van der Waals surface area contributed by atoms with E-state index in [1.807, 2.05) is 0 Å². The molecule has 2 N–H and O–H groups in total. The lowest BCUT2D eigenvalue weighted by atomic mass is 9.98. The van der Waals surface area contributed by atoms with Crippen LogP contribution in [0, 0.1) is 13.8 Å². The van der Waals surface area contributed by atoms with E-state index in [0.29, 0.717) is 0 Å². The van der Waals surface area contributed by atoms with Gasteiger partial charge in [0.2, 0.25) is 0 Å². The van der Waals surface area contributed by atoms with Gasteiger partial charge in [-0.2, -0.15) is 0 Å². The number of aliphatic hydroxyl groups excluding tert-OH is 1. The molecule has 0 aromatic heterocycles. The summed E-state index contributed by atoms with van der Waals surface area (Å²) < 4.78 is 0. The third-order valence-corrected chi connectivity index (χ3v) is 3.80. The van der Waals surface area contributed by atoms with Crippen LogP contribution in [-0.2, 0) is 0 Å². The molecule has 0 aliphatic rings. The maximum atomic E-state index is 9.60. The average molecular weight is 278 g/mol. The molecule has 3 nitrogen and oxygen atoms in total. The first-order valence-electron chi connectivity index (χ1n) is 7.55. The van der Waals surface area contributed by atoms with Gasteiger partial charge in [0.15, 0.2) is 0 Å². The molecule has 1 rings (SSSR count). The van der Waals surface area contributed by atoms with Crippen LogP contribution in [0.1, 0.15) is 37.8 Å². The largest absolute Gasteiger partial charge is 0.394 e. The Morgan fingerprint density at radius 2 is 1.80 bits per heavy atom. The van der Waals surface area contributed by atoms with Crippen molar-refractivity contribution in [2.24, 2.45) is 0 Å². The molecule has 114 valence electrons. The summed E-state index contributed by atoms with van der Waals surface area (Å²) in [5.74, 6) is 0. The zero-order chi connectivity index (χ0) is 15.2. The van der Waals surface area contributed by atoms with Crippen LogP contribution in [0.3, 0.4) is 0 Å². The van der Waals surface area contributed by atoms with Crippen LogP contribution in [0.4, 0.5) is 5.69 Å². The molecule has 0 heterocycles. The lowest BCUT2D eigenvalue weighted by Crippen LogP contribution is -2.48. The molecule has 0 spiro atoms.